The number of nitrogens with one attached hydrogen (secondary N) is 2. The molecule has 0 aliphatic carbocycles. The molecule has 0 saturated heterocycles. The van der Waals surface area contributed by atoms with Crippen molar-refractivity contribution in [2.24, 2.45) is 4.99 Å². The van der Waals surface area contributed by atoms with Gasteiger partial charge >= 0.3 is 0 Å². The minimum atomic E-state index is -3.61. The first-order valence-corrected chi connectivity index (χ1v) is 11.4. The molecular weight excluding hydrogens is 407 g/mol. The third-order valence-corrected chi connectivity index (χ3v) is 6.53. The van der Waals surface area contributed by atoms with E-state index in [-0.39, 0.29) is 11.4 Å². The average molecular weight is 431 g/mol. The lowest BCUT2D eigenvalue weighted by Crippen LogP contribution is -2.18. The first-order valence-electron chi connectivity index (χ1n) is 9.72. The zero-order valence-electron chi connectivity index (χ0n) is 17.0. The van der Waals surface area contributed by atoms with E-state index in [4.69, 9.17) is 0 Å². The van der Waals surface area contributed by atoms with Crippen LogP contribution in [0, 0.1) is 12.7 Å². The molecule has 30 heavy (non-hydrogen) atoms. The fourth-order valence-electron chi connectivity index (χ4n) is 3.73. The highest BCUT2D eigenvalue weighted by atomic mass is 32.2. The number of sulfonamides is 1. The maximum Gasteiger partial charge on any atom is 0.246 e. The van der Waals surface area contributed by atoms with Gasteiger partial charge in [-0.05, 0) is 31.0 Å². The van der Waals surface area contributed by atoms with Crippen LogP contribution in [0.5, 0.6) is 0 Å². The van der Waals surface area contributed by atoms with Gasteiger partial charge in [0.25, 0.3) is 0 Å². The Hall–Kier alpha value is -3.01. The summed E-state index contributed by atoms with van der Waals surface area (Å²) in [6.07, 6.45) is 2.11. The second-order valence-electron chi connectivity index (χ2n) is 7.20. The zero-order valence-corrected chi connectivity index (χ0v) is 17.8. The number of nitrogens with zero attached hydrogens (tertiary/aromatic N) is 4. The van der Waals surface area contributed by atoms with Crippen LogP contribution in [-0.2, 0) is 16.6 Å². The lowest BCUT2D eigenvalue weighted by atomic mass is 9.97. The highest BCUT2D eigenvalue weighted by Crippen LogP contribution is 2.40. The standard InChI is InChI=1S/C20H23FN6O2S/c1-4-9-30(28,29)26-15-6-5-12(2)16(17(15)21)14-10-13-11-24-20(22-3)25-18(13)27-8-7-23-19(14)27/h5-6,10-11,23,26H,4,7-9H2,1-3H3. The number of aromatic nitrogens is 3. The summed E-state index contributed by atoms with van der Waals surface area (Å²) in [6.45, 7) is 4.91. The Morgan fingerprint density at radius 3 is 2.90 bits per heavy atom. The third kappa shape index (κ3) is 3.51. The van der Waals surface area contributed by atoms with E-state index in [0.717, 1.165) is 11.4 Å². The van der Waals surface area contributed by atoms with Gasteiger partial charge in [-0.1, -0.05) is 13.0 Å². The molecule has 3 aliphatic heterocycles. The molecule has 2 N–H and O–H groups in total. The molecule has 3 heterocycles. The monoisotopic (exact) mass is 430 g/mol. The molecule has 10 heteroatoms. The van der Waals surface area contributed by atoms with Gasteiger partial charge in [0.2, 0.25) is 15.6 Å². The first kappa shape index (κ1) is 20.3. The Bertz CT molecular complexity index is 1270. The average Bonchev–Trinajstić information content (AvgIpc) is 3.20. The predicted octanol–water partition coefficient (Wildman–Crippen LogP) is 2.61. The van der Waals surface area contributed by atoms with Crippen LogP contribution in [0.1, 0.15) is 18.9 Å². The number of pyridine rings is 1. The van der Waals surface area contributed by atoms with Crippen molar-refractivity contribution in [2.45, 2.75) is 26.8 Å². The second kappa shape index (κ2) is 7.67. The van der Waals surface area contributed by atoms with Gasteiger partial charge in [0.1, 0.15) is 11.6 Å². The summed E-state index contributed by atoms with van der Waals surface area (Å²) in [6, 6.07) is 5.00. The van der Waals surface area contributed by atoms with Gasteiger partial charge in [-0.15, -0.1) is 0 Å². The highest BCUT2D eigenvalue weighted by molar-refractivity contribution is 7.92. The van der Waals surface area contributed by atoms with Crippen LogP contribution in [-0.4, -0.2) is 42.3 Å². The zero-order chi connectivity index (χ0) is 21.5. The molecule has 0 aromatic heterocycles. The molecular formula is C20H23FN6O2S. The molecule has 1 aromatic rings. The fraction of sp³-hybridized carbons (Fsp3) is 0.350. The quantitative estimate of drug-likeness (QED) is 0.648. The van der Waals surface area contributed by atoms with Crippen molar-refractivity contribution in [3.05, 3.63) is 41.4 Å². The molecule has 0 amide bonds. The highest BCUT2D eigenvalue weighted by Gasteiger charge is 2.26. The number of halogens is 1. The number of rotatable bonds is 5. The van der Waals surface area contributed by atoms with Crippen LogP contribution in [0.2, 0.25) is 0 Å². The molecule has 0 radical (unpaired) electrons. The van der Waals surface area contributed by atoms with E-state index < -0.39 is 15.8 Å². The summed E-state index contributed by atoms with van der Waals surface area (Å²) in [4.78, 5) is 12.7. The van der Waals surface area contributed by atoms with Crippen LogP contribution in [0.3, 0.4) is 0 Å². The summed E-state index contributed by atoms with van der Waals surface area (Å²) in [5.74, 6) is 0.776. The molecule has 1 aromatic carbocycles. The van der Waals surface area contributed by atoms with Gasteiger partial charge in [-0.25, -0.2) is 17.8 Å². The molecule has 0 saturated carbocycles. The van der Waals surface area contributed by atoms with Crippen molar-refractivity contribution in [3.63, 3.8) is 0 Å². The summed E-state index contributed by atoms with van der Waals surface area (Å²) in [5, 5.41) is 3.31. The molecule has 3 aliphatic rings. The molecule has 8 nitrogen and oxygen atoms in total. The maximum absolute atomic E-state index is 15.6. The van der Waals surface area contributed by atoms with Crippen molar-refractivity contribution in [2.75, 3.05) is 29.4 Å². The van der Waals surface area contributed by atoms with E-state index in [2.05, 4.69) is 25.0 Å². The Labute approximate surface area is 174 Å². The van der Waals surface area contributed by atoms with Gasteiger partial charge in [0.05, 0.1) is 11.4 Å². The minimum absolute atomic E-state index is 0.0581. The predicted molar refractivity (Wildman–Crippen MR) is 114 cm³/mol. The van der Waals surface area contributed by atoms with Gasteiger partial charge in [0, 0.05) is 43.0 Å². The summed E-state index contributed by atoms with van der Waals surface area (Å²) in [5.41, 5.74) is 2.75. The topological polar surface area (TPSA) is 101 Å². The number of benzene rings is 1. The lowest BCUT2D eigenvalue weighted by Gasteiger charge is -2.19. The molecule has 0 bridgehead atoms. The Kier molecular flexibility index (Phi) is 5.19. The Morgan fingerprint density at radius 2 is 2.17 bits per heavy atom. The molecule has 158 valence electrons. The Balaban J connectivity index is 1.94. The fourth-order valence-corrected chi connectivity index (χ4v) is 4.86. The largest absolute Gasteiger partial charge is 0.369 e. The first-order chi connectivity index (χ1) is 14.3. The number of hydrogen-bond acceptors (Lipinski definition) is 6. The minimum Gasteiger partial charge on any atom is -0.369 e. The summed E-state index contributed by atoms with van der Waals surface area (Å²) in [7, 11) is -1.99. The third-order valence-electron chi connectivity index (χ3n) is 5.05. The van der Waals surface area contributed by atoms with E-state index in [1.165, 1.54) is 6.07 Å². The van der Waals surface area contributed by atoms with Crippen molar-refractivity contribution in [1.82, 2.24) is 14.5 Å². The van der Waals surface area contributed by atoms with E-state index in [1.807, 2.05) is 10.6 Å². The molecule has 0 spiro atoms. The summed E-state index contributed by atoms with van der Waals surface area (Å²) < 4.78 is 44.3. The molecule has 0 fully saturated rings. The normalized spacial score (nSPS) is 14.1. The van der Waals surface area contributed by atoms with Crippen molar-refractivity contribution in [3.8, 4) is 22.5 Å². The van der Waals surface area contributed by atoms with Crippen LogP contribution >= 0.6 is 0 Å². The van der Waals surface area contributed by atoms with Crippen LogP contribution in [0.15, 0.2) is 29.4 Å². The molecule has 0 atom stereocenters. The molecule has 4 rings (SSSR count). The second-order valence-corrected chi connectivity index (χ2v) is 9.04. The van der Waals surface area contributed by atoms with Crippen molar-refractivity contribution < 1.29 is 12.8 Å². The van der Waals surface area contributed by atoms with E-state index in [1.54, 1.807) is 33.2 Å². The summed E-state index contributed by atoms with van der Waals surface area (Å²) >= 11 is 0. The van der Waals surface area contributed by atoms with Gasteiger partial charge < -0.3 is 9.88 Å². The van der Waals surface area contributed by atoms with Crippen LogP contribution in [0.4, 0.5) is 15.9 Å². The smallest absolute Gasteiger partial charge is 0.246 e. The number of fused-ring (bicyclic) bond motifs is 3. The van der Waals surface area contributed by atoms with Gasteiger partial charge in [-0.2, -0.15) is 4.98 Å². The lowest BCUT2D eigenvalue weighted by molar-refractivity contribution is 0.597. The number of hydrogen-bond donors (Lipinski definition) is 2. The maximum atomic E-state index is 15.6. The van der Waals surface area contributed by atoms with E-state index in [0.29, 0.717) is 47.6 Å². The Morgan fingerprint density at radius 1 is 1.37 bits per heavy atom. The van der Waals surface area contributed by atoms with Crippen LogP contribution < -0.4 is 15.7 Å². The van der Waals surface area contributed by atoms with Crippen molar-refractivity contribution in [1.29, 1.82) is 0 Å². The number of aryl methyl sites for hydroxylation is 1. The van der Waals surface area contributed by atoms with Crippen LogP contribution in [0.25, 0.3) is 22.5 Å². The van der Waals surface area contributed by atoms with Crippen molar-refractivity contribution >= 4 is 21.5 Å². The van der Waals surface area contributed by atoms with Gasteiger partial charge in [0.15, 0.2) is 5.82 Å². The molecule has 0 unspecified atom stereocenters. The van der Waals surface area contributed by atoms with Gasteiger partial charge in [-0.3, -0.25) is 9.71 Å². The SMILES string of the molecule is CCCS(=O)(=O)Nc1ccc(C)c(-c2cc3cnc(=NC)nc-3n3c2NCC3)c1F. The van der Waals surface area contributed by atoms with E-state index in [9.17, 15) is 8.42 Å². The number of anilines is 2. The van der Waals surface area contributed by atoms with E-state index >= 15 is 4.39 Å².